The van der Waals surface area contributed by atoms with E-state index in [0.29, 0.717) is 6.42 Å². The highest BCUT2D eigenvalue weighted by Gasteiger charge is 2.32. The van der Waals surface area contributed by atoms with Crippen LogP contribution in [-0.4, -0.2) is 21.8 Å². The Morgan fingerprint density at radius 1 is 1.48 bits per heavy atom. The van der Waals surface area contributed by atoms with E-state index < -0.39 is 5.97 Å². The predicted molar refractivity (Wildman–Crippen MR) is 80.8 cm³/mol. The van der Waals surface area contributed by atoms with Gasteiger partial charge < -0.3 is 14.9 Å². The van der Waals surface area contributed by atoms with Crippen molar-refractivity contribution in [1.82, 2.24) is 0 Å². The van der Waals surface area contributed by atoms with Crippen LogP contribution in [0.25, 0.3) is 0 Å². The number of phenolic OH excluding ortho intramolecular Hbond substituents is 1. The molecule has 1 aromatic carbocycles. The number of aliphatic carboxylic acids is 1. The number of phenols is 1. The van der Waals surface area contributed by atoms with Crippen LogP contribution in [0.5, 0.6) is 11.5 Å². The van der Waals surface area contributed by atoms with E-state index in [-0.39, 0.29) is 17.3 Å². The summed E-state index contributed by atoms with van der Waals surface area (Å²) in [5, 5.41) is 18.6. The number of aromatic hydroxyl groups is 1. The van der Waals surface area contributed by atoms with Crippen molar-refractivity contribution in [1.29, 1.82) is 0 Å². The molecular weight excluding hydrogens is 268 g/mol. The highest BCUT2D eigenvalue weighted by Crippen LogP contribution is 2.40. The third-order valence-electron chi connectivity index (χ3n) is 4.37. The fourth-order valence-electron chi connectivity index (χ4n) is 2.94. The number of ether oxygens (including phenoxy) is 1. The molecule has 2 rings (SSSR count). The summed E-state index contributed by atoms with van der Waals surface area (Å²) in [5.74, 6) is 0.131. The molecule has 0 spiro atoms. The van der Waals surface area contributed by atoms with Gasteiger partial charge in [0.2, 0.25) is 0 Å². The summed E-state index contributed by atoms with van der Waals surface area (Å²) in [6.07, 6.45) is 4.15. The molecule has 1 aliphatic rings. The summed E-state index contributed by atoms with van der Waals surface area (Å²) in [6, 6.07) is 3.49. The molecule has 0 fully saturated rings. The average molecular weight is 292 g/mol. The van der Waals surface area contributed by atoms with E-state index in [9.17, 15) is 9.90 Å². The Bertz CT molecular complexity index is 538. The van der Waals surface area contributed by atoms with E-state index in [1.54, 1.807) is 19.1 Å². The van der Waals surface area contributed by atoms with Crippen molar-refractivity contribution in [2.45, 2.75) is 58.5 Å². The van der Waals surface area contributed by atoms with Crippen molar-refractivity contribution in [2.75, 3.05) is 0 Å². The maximum absolute atomic E-state index is 10.8. The molecule has 0 amide bonds. The number of rotatable bonds is 5. The molecule has 2 atom stereocenters. The van der Waals surface area contributed by atoms with Crippen LogP contribution in [0.15, 0.2) is 12.1 Å². The molecule has 2 unspecified atom stereocenters. The van der Waals surface area contributed by atoms with E-state index in [0.717, 1.165) is 42.6 Å². The lowest BCUT2D eigenvalue weighted by atomic mass is 9.86. The Hall–Kier alpha value is -1.71. The summed E-state index contributed by atoms with van der Waals surface area (Å²) >= 11 is 0. The monoisotopic (exact) mass is 292 g/mol. The lowest BCUT2D eigenvalue weighted by Crippen LogP contribution is -2.36. The Labute approximate surface area is 125 Å². The van der Waals surface area contributed by atoms with Crippen LogP contribution in [0.1, 0.15) is 50.7 Å². The van der Waals surface area contributed by atoms with Crippen molar-refractivity contribution in [2.24, 2.45) is 5.92 Å². The molecule has 0 aromatic heterocycles. The number of aryl methyl sites for hydroxylation is 2. The van der Waals surface area contributed by atoms with E-state index in [4.69, 9.17) is 9.84 Å². The molecule has 0 saturated carbocycles. The molecule has 1 heterocycles. The van der Waals surface area contributed by atoms with Crippen LogP contribution < -0.4 is 4.74 Å². The summed E-state index contributed by atoms with van der Waals surface area (Å²) in [5.41, 5.74) is 1.77. The van der Waals surface area contributed by atoms with Gasteiger partial charge in [0, 0.05) is 0 Å². The van der Waals surface area contributed by atoms with Crippen LogP contribution in [0, 0.1) is 12.8 Å². The van der Waals surface area contributed by atoms with Crippen LogP contribution in [0.3, 0.4) is 0 Å². The average Bonchev–Trinajstić information content (AvgIpc) is 2.39. The van der Waals surface area contributed by atoms with Crippen LogP contribution in [0.2, 0.25) is 0 Å². The normalized spacial score (nSPS) is 22.2. The molecule has 0 aliphatic carbocycles. The van der Waals surface area contributed by atoms with Crippen molar-refractivity contribution < 1.29 is 19.7 Å². The summed E-state index contributed by atoms with van der Waals surface area (Å²) in [4.78, 5) is 10.8. The highest BCUT2D eigenvalue weighted by atomic mass is 16.5. The number of carboxylic acid groups (broad SMARTS) is 1. The first-order chi connectivity index (χ1) is 9.81. The molecule has 21 heavy (non-hydrogen) atoms. The van der Waals surface area contributed by atoms with Gasteiger partial charge in [-0.1, -0.05) is 6.92 Å². The summed E-state index contributed by atoms with van der Waals surface area (Å²) in [7, 11) is 0. The maximum Gasteiger partial charge on any atom is 0.306 e. The van der Waals surface area contributed by atoms with Gasteiger partial charge in [0.05, 0.1) is 5.92 Å². The second-order valence-electron chi connectivity index (χ2n) is 6.43. The fourth-order valence-corrected chi connectivity index (χ4v) is 2.94. The maximum atomic E-state index is 10.8. The number of hydrogen-bond acceptors (Lipinski definition) is 3. The standard InChI is InChI=1S/C17H24O4/c1-11(16(19)20)5-4-7-17(3)8-6-13-10-14(18)9-12(2)15(13)21-17/h9-11,18H,4-8H2,1-3H3,(H,19,20). The molecule has 1 aromatic rings. The Kier molecular flexibility index (Phi) is 4.45. The van der Waals surface area contributed by atoms with Crippen LogP contribution >= 0.6 is 0 Å². The quantitative estimate of drug-likeness (QED) is 0.869. The zero-order valence-corrected chi connectivity index (χ0v) is 13.0. The second kappa shape index (κ2) is 5.96. The minimum Gasteiger partial charge on any atom is -0.508 e. The van der Waals surface area contributed by atoms with Gasteiger partial charge in [0.15, 0.2) is 0 Å². The first-order valence-electron chi connectivity index (χ1n) is 7.55. The van der Waals surface area contributed by atoms with Crippen molar-refractivity contribution in [3.05, 3.63) is 23.3 Å². The topological polar surface area (TPSA) is 66.8 Å². The van der Waals surface area contributed by atoms with Gasteiger partial charge in [-0.15, -0.1) is 0 Å². The SMILES string of the molecule is Cc1cc(O)cc2c1OC(C)(CCCC(C)C(=O)O)CC2. The molecule has 4 nitrogen and oxygen atoms in total. The Morgan fingerprint density at radius 2 is 2.19 bits per heavy atom. The minimum absolute atomic E-state index is 0.243. The molecule has 116 valence electrons. The zero-order valence-electron chi connectivity index (χ0n) is 13.0. The molecule has 4 heteroatoms. The third kappa shape index (κ3) is 3.69. The third-order valence-corrected chi connectivity index (χ3v) is 4.37. The first kappa shape index (κ1) is 15.7. The highest BCUT2D eigenvalue weighted by molar-refractivity contribution is 5.69. The van der Waals surface area contributed by atoms with Gasteiger partial charge >= 0.3 is 5.97 Å². The zero-order chi connectivity index (χ0) is 15.6. The smallest absolute Gasteiger partial charge is 0.306 e. The summed E-state index contributed by atoms with van der Waals surface area (Å²) < 4.78 is 6.19. The minimum atomic E-state index is -0.735. The number of fused-ring (bicyclic) bond motifs is 1. The van der Waals surface area contributed by atoms with Gasteiger partial charge in [0.1, 0.15) is 17.1 Å². The Balaban J connectivity index is 2.00. The molecule has 1 aliphatic heterocycles. The van der Waals surface area contributed by atoms with Crippen LogP contribution in [-0.2, 0) is 11.2 Å². The second-order valence-corrected chi connectivity index (χ2v) is 6.43. The van der Waals surface area contributed by atoms with Crippen molar-refractivity contribution in [3.8, 4) is 11.5 Å². The first-order valence-corrected chi connectivity index (χ1v) is 7.55. The van der Waals surface area contributed by atoms with E-state index in [2.05, 4.69) is 6.92 Å². The number of carboxylic acids is 1. The molecule has 0 saturated heterocycles. The number of benzene rings is 1. The molecule has 2 N–H and O–H groups in total. The lowest BCUT2D eigenvalue weighted by Gasteiger charge is -2.37. The molecule has 0 bridgehead atoms. The van der Waals surface area contributed by atoms with Gasteiger partial charge in [-0.3, -0.25) is 4.79 Å². The Morgan fingerprint density at radius 3 is 2.86 bits per heavy atom. The number of carbonyl (C=O) groups is 1. The predicted octanol–water partition coefficient (Wildman–Crippen LogP) is 3.68. The van der Waals surface area contributed by atoms with Gasteiger partial charge in [0.25, 0.3) is 0 Å². The van der Waals surface area contributed by atoms with Gasteiger partial charge in [-0.2, -0.15) is 0 Å². The number of hydrogen-bond donors (Lipinski definition) is 2. The lowest BCUT2D eigenvalue weighted by molar-refractivity contribution is -0.141. The largest absolute Gasteiger partial charge is 0.508 e. The van der Waals surface area contributed by atoms with E-state index in [1.807, 2.05) is 6.92 Å². The van der Waals surface area contributed by atoms with Crippen LogP contribution in [0.4, 0.5) is 0 Å². The van der Waals surface area contributed by atoms with Gasteiger partial charge in [-0.25, -0.2) is 0 Å². The van der Waals surface area contributed by atoms with Crippen molar-refractivity contribution >= 4 is 5.97 Å². The molecule has 0 radical (unpaired) electrons. The van der Waals surface area contributed by atoms with E-state index >= 15 is 0 Å². The molecular formula is C17H24O4. The van der Waals surface area contributed by atoms with E-state index in [1.165, 1.54) is 0 Å². The summed E-state index contributed by atoms with van der Waals surface area (Å²) in [6.45, 7) is 5.78. The van der Waals surface area contributed by atoms with Crippen molar-refractivity contribution in [3.63, 3.8) is 0 Å². The van der Waals surface area contributed by atoms with Gasteiger partial charge in [-0.05, 0) is 69.2 Å². The fraction of sp³-hybridized carbons (Fsp3) is 0.588.